The van der Waals surface area contributed by atoms with Crippen LogP contribution in [0.15, 0.2) is 42.5 Å². The van der Waals surface area contributed by atoms with Crippen molar-refractivity contribution in [2.45, 2.75) is 32.7 Å². The summed E-state index contributed by atoms with van der Waals surface area (Å²) in [6, 6.07) is 13.7. The molecule has 23 heavy (non-hydrogen) atoms. The summed E-state index contributed by atoms with van der Waals surface area (Å²) in [7, 11) is 0. The molecule has 1 atom stereocenters. The lowest BCUT2D eigenvalue weighted by Gasteiger charge is -2.35. The van der Waals surface area contributed by atoms with Crippen LogP contribution < -0.4 is 10.2 Å². The Hall–Kier alpha value is -2.00. The van der Waals surface area contributed by atoms with Crippen molar-refractivity contribution >= 4 is 28.9 Å². The number of fused-ring (bicyclic) bond motifs is 1. The van der Waals surface area contributed by atoms with E-state index in [1.54, 1.807) is 0 Å². The van der Waals surface area contributed by atoms with Gasteiger partial charge in [-0.2, -0.15) is 0 Å². The third-order valence-corrected chi connectivity index (χ3v) is 4.93. The van der Waals surface area contributed by atoms with Gasteiger partial charge in [-0.05, 0) is 56.0 Å². The van der Waals surface area contributed by atoms with Crippen molar-refractivity contribution < 1.29 is 4.79 Å². The summed E-state index contributed by atoms with van der Waals surface area (Å²) >= 11 is 6.13. The van der Waals surface area contributed by atoms with Crippen LogP contribution in [0, 0.1) is 6.92 Å². The number of aryl methyl sites for hydroxylation is 1. The highest BCUT2D eigenvalue weighted by molar-refractivity contribution is 6.31. The van der Waals surface area contributed by atoms with E-state index in [2.05, 4.69) is 28.4 Å². The van der Waals surface area contributed by atoms with Crippen molar-refractivity contribution in [3.63, 3.8) is 0 Å². The minimum Gasteiger partial charge on any atom is -0.360 e. The van der Waals surface area contributed by atoms with Gasteiger partial charge in [-0.3, -0.25) is 4.79 Å². The minimum absolute atomic E-state index is 0.00734. The number of carbonyl (C=O) groups is 1. The van der Waals surface area contributed by atoms with E-state index in [9.17, 15) is 4.79 Å². The first-order chi connectivity index (χ1) is 11.1. The SMILES string of the molecule is Cc1c(Cl)cccc1NC(=O)C(C)N1CCCc2ccccc21. The normalized spacial score (nSPS) is 15.0. The van der Waals surface area contributed by atoms with Gasteiger partial charge in [0.1, 0.15) is 6.04 Å². The average Bonchev–Trinajstić information content (AvgIpc) is 2.57. The molecule has 2 aromatic carbocycles. The van der Waals surface area contributed by atoms with Crippen molar-refractivity contribution in [1.82, 2.24) is 0 Å². The molecule has 0 spiro atoms. The molecular weight excluding hydrogens is 308 g/mol. The number of halogens is 1. The molecule has 1 aliphatic rings. The van der Waals surface area contributed by atoms with Crippen molar-refractivity contribution in [2.24, 2.45) is 0 Å². The quantitative estimate of drug-likeness (QED) is 0.904. The topological polar surface area (TPSA) is 32.3 Å². The van der Waals surface area contributed by atoms with Crippen LogP contribution in [0.2, 0.25) is 5.02 Å². The van der Waals surface area contributed by atoms with Gasteiger partial charge in [0.15, 0.2) is 0 Å². The molecule has 0 saturated heterocycles. The summed E-state index contributed by atoms with van der Waals surface area (Å²) in [5.41, 5.74) is 4.16. The first-order valence-corrected chi connectivity index (χ1v) is 8.36. The fraction of sp³-hybridized carbons (Fsp3) is 0.316. The monoisotopic (exact) mass is 328 g/mol. The number of para-hydroxylation sites is 1. The second-order valence-electron chi connectivity index (χ2n) is 6.00. The highest BCUT2D eigenvalue weighted by atomic mass is 35.5. The van der Waals surface area contributed by atoms with Crippen LogP contribution in [-0.4, -0.2) is 18.5 Å². The Labute approximate surface area is 142 Å². The highest BCUT2D eigenvalue weighted by Gasteiger charge is 2.26. The van der Waals surface area contributed by atoms with Crippen LogP contribution in [0.25, 0.3) is 0 Å². The van der Waals surface area contributed by atoms with Gasteiger partial charge >= 0.3 is 0 Å². The Morgan fingerprint density at radius 2 is 2.00 bits per heavy atom. The summed E-state index contributed by atoms with van der Waals surface area (Å²) in [6.45, 7) is 4.77. The maximum Gasteiger partial charge on any atom is 0.246 e. The van der Waals surface area contributed by atoms with Crippen LogP contribution in [0.3, 0.4) is 0 Å². The van der Waals surface area contributed by atoms with Gasteiger partial charge in [0, 0.05) is 22.9 Å². The molecule has 0 fully saturated rings. The lowest BCUT2D eigenvalue weighted by atomic mass is 10.00. The van der Waals surface area contributed by atoms with Crippen LogP contribution in [0.1, 0.15) is 24.5 Å². The van der Waals surface area contributed by atoms with Crippen LogP contribution >= 0.6 is 11.6 Å². The molecule has 120 valence electrons. The Kier molecular flexibility index (Phi) is 4.58. The zero-order chi connectivity index (χ0) is 16.4. The third-order valence-electron chi connectivity index (χ3n) is 4.52. The van der Waals surface area contributed by atoms with Gasteiger partial charge in [0.05, 0.1) is 0 Å². The van der Waals surface area contributed by atoms with Gasteiger partial charge in [0.25, 0.3) is 0 Å². The third kappa shape index (κ3) is 3.20. The van der Waals surface area contributed by atoms with Gasteiger partial charge in [-0.25, -0.2) is 0 Å². The fourth-order valence-corrected chi connectivity index (χ4v) is 3.26. The van der Waals surface area contributed by atoms with Gasteiger partial charge in [-0.1, -0.05) is 35.9 Å². The van der Waals surface area contributed by atoms with Crippen molar-refractivity contribution in [1.29, 1.82) is 0 Å². The molecule has 0 aliphatic carbocycles. The summed E-state index contributed by atoms with van der Waals surface area (Å²) < 4.78 is 0. The Bertz CT molecular complexity index is 729. The first-order valence-electron chi connectivity index (χ1n) is 7.98. The molecule has 2 aromatic rings. The standard InChI is InChI=1S/C19H21ClN2O/c1-13-16(20)9-5-10-17(13)21-19(23)14(2)22-12-6-8-15-7-3-4-11-18(15)22/h3-5,7,9-11,14H,6,8,12H2,1-2H3,(H,21,23). The molecule has 0 aromatic heterocycles. The van der Waals surface area contributed by atoms with E-state index in [1.165, 1.54) is 11.3 Å². The molecule has 4 heteroatoms. The molecule has 0 bridgehead atoms. The second-order valence-corrected chi connectivity index (χ2v) is 6.41. The number of amides is 1. The molecular formula is C19H21ClN2O. The van der Waals surface area contributed by atoms with Gasteiger partial charge in [0.2, 0.25) is 5.91 Å². The number of nitrogens with one attached hydrogen (secondary N) is 1. The summed E-state index contributed by atoms with van der Waals surface area (Å²) in [4.78, 5) is 14.9. The predicted molar refractivity (Wildman–Crippen MR) is 96.4 cm³/mol. The minimum atomic E-state index is -0.227. The van der Waals surface area contributed by atoms with E-state index in [-0.39, 0.29) is 11.9 Å². The number of benzene rings is 2. The largest absolute Gasteiger partial charge is 0.360 e. The smallest absolute Gasteiger partial charge is 0.246 e. The van der Waals surface area contributed by atoms with Gasteiger partial charge < -0.3 is 10.2 Å². The molecule has 1 heterocycles. The zero-order valence-electron chi connectivity index (χ0n) is 13.5. The summed E-state index contributed by atoms with van der Waals surface area (Å²) in [5, 5.41) is 3.68. The maximum absolute atomic E-state index is 12.7. The molecule has 0 saturated carbocycles. The number of carbonyl (C=O) groups excluding carboxylic acids is 1. The lowest BCUT2D eigenvalue weighted by molar-refractivity contribution is -0.117. The van der Waals surface area contributed by atoms with E-state index in [1.807, 2.05) is 38.1 Å². The predicted octanol–water partition coefficient (Wildman–Crippen LogP) is 4.43. The molecule has 0 radical (unpaired) electrons. The Morgan fingerprint density at radius 1 is 1.22 bits per heavy atom. The summed E-state index contributed by atoms with van der Waals surface area (Å²) in [6.07, 6.45) is 2.15. The highest BCUT2D eigenvalue weighted by Crippen LogP contribution is 2.29. The number of nitrogens with zero attached hydrogens (tertiary/aromatic N) is 1. The van der Waals surface area contributed by atoms with Crippen LogP contribution in [0.4, 0.5) is 11.4 Å². The van der Waals surface area contributed by atoms with Crippen molar-refractivity contribution in [3.05, 3.63) is 58.6 Å². The van der Waals surface area contributed by atoms with E-state index in [4.69, 9.17) is 11.6 Å². The van der Waals surface area contributed by atoms with Crippen LogP contribution in [0.5, 0.6) is 0 Å². The number of anilines is 2. The summed E-state index contributed by atoms with van der Waals surface area (Å²) in [5.74, 6) is -0.00734. The lowest BCUT2D eigenvalue weighted by Crippen LogP contribution is -2.44. The van der Waals surface area contributed by atoms with E-state index >= 15 is 0 Å². The van der Waals surface area contributed by atoms with Crippen molar-refractivity contribution in [3.8, 4) is 0 Å². The molecule has 1 unspecified atom stereocenters. The van der Waals surface area contributed by atoms with Crippen molar-refractivity contribution in [2.75, 3.05) is 16.8 Å². The van der Waals surface area contributed by atoms with Crippen LogP contribution in [-0.2, 0) is 11.2 Å². The van der Waals surface area contributed by atoms with E-state index in [0.29, 0.717) is 5.02 Å². The van der Waals surface area contributed by atoms with E-state index in [0.717, 1.165) is 30.6 Å². The molecule has 1 amide bonds. The Balaban J connectivity index is 1.80. The number of rotatable bonds is 3. The number of hydrogen-bond acceptors (Lipinski definition) is 2. The maximum atomic E-state index is 12.7. The number of hydrogen-bond donors (Lipinski definition) is 1. The molecule has 3 nitrogen and oxygen atoms in total. The zero-order valence-corrected chi connectivity index (χ0v) is 14.2. The molecule has 3 rings (SSSR count). The first kappa shape index (κ1) is 15.9. The molecule has 1 N–H and O–H groups in total. The van der Waals surface area contributed by atoms with Gasteiger partial charge in [-0.15, -0.1) is 0 Å². The Morgan fingerprint density at radius 3 is 2.83 bits per heavy atom. The average molecular weight is 329 g/mol. The fourth-order valence-electron chi connectivity index (χ4n) is 3.09. The van der Waals surface area contributed by atoms with E-state index < -0.39 is 0 Å². The second kappa shape index (κ2) is 6.63. The molecule has 1 aliphatic heterocycles.